The van der Waals surface area contributed by atoms with E-state index in [-0.39, 0.29) is 10.6 Å². The van der Waals surface area contributed by atoms with Gasteiger partial charge in [0.1, 0.15) is 0 Å². The van der Waals surface area contributed by atoms with Gasteiger partial charge in [-0.15, -0.1) is 11.3 Å². The Hall–Kier alpha value is -1.95. The van der Waals surface area contributed by atoms with Gasteiger partial charge in [-0.25, -0.2) is 4.98 Å². The standard InChI is InChI=1S/C12H13N3O2S/c1-9-2-3-10(6-12(9)15(16)17)13-5-4-11-7-18-8-14-11/h2-3,6-8,13H,4-5H2,1H3. The van der Waals surface area contributed by atoms with Crippen molar-refractivity contribution in [1.29, 1.82) is 0 Å². The van der Waals surface area contributed by atoms with Crippen LogP contribution in [0.1, 0.15) is 11.3 Å². The number of benzene rings is 1. The minimum atomic E-state index is -0.360. The van der Waals surface area contributed by atoms with Crippen LogP contribution in [0.15, 0.2) is 29.1 Å². The molecule has 0 bridgehead atoms. The van der Waals surface area contributed by atoms with Crippen molar-refractivity contribution in [2.24, 2.45) is 0 Å². The molecule has 0 amide bonds. The summed E-state index contributed by atoms with van der Waals surface area (Å²) in [6.45, 7) is 2.45. The second-order valence-corrected chi connectivity index (χ2v) is 4.63. The first kappa shape index (κ1) is 12.5. The van der Waals surface area contributed by atoms with Crippen LogP contribution in [0.3, 0.4) is 0 Å². The maximum atomic E-state index is 10.8. The monoisotopic (exact) mass is 263 g/mol. The Bertz CT molecular complexity index is 540. The molecule has 2 aromatic rings. The molecule has 0 fully saturated rings. The summed E-state index contributed by atoms with van der Waals surface area (Å²) in [5.41, 5.74) is 4.42. The van der Waals surface area contributed by atoms with Gasteiger partial charge in [-0.1, -0.05) is 6.07 Å². The third-order valence-corrected chi connectivity index (χ3v) is 3.23. The van der Waals surface area contributed by atoms with Crippen LogP contribution in [0.5, 0.6) is 0 Å². The molecular weight excluding hydrogens is 250 g/mol. The zero-order valence-electron chi connectivity index (χ0n) is 9.92. The minimum absolute atomic E-state index is 0.147. The largest absolute Gasteiger partial charge is 0.384 e. The van der Waals surface area contributed by atoms with Crippen molar-refractivity contribution in [3.8, 4) is 0 Å². The Kier molecular flexibility index (Phi) is 3.88. The van der Waals surface area contributed by atoms with E-state index in [0.717, 1.165) is 17.8 Å². The summed E-state index contributed by atoms with van der Waals surface area (Å²) in [4.78, 5) is 14.6. The predicted molar refractivity (Wildman–Crippen MR) is 72.1 cm³/mol. The smallest absolute Gasteiger partial charge is 0.274 e. The van der Waals surface area contributed by atoms with Crippen LogP contribution in [0, 0.1) is 17.0 Å². The number of aryl methyl sites for hydroxylation is 1. The Morgan fingerprint density at radius 3 is 3.00 bits per heavy atom. The van der Waals surface area contributed by atoms with Crippen LogP contribution in [0.25, 0.3) is 0 Å². The molecule has 0 unspecified atom stereocenters. The van der Waals surface area contributed by atoms with Crippen LogP contribution >= 0.6 is 11.3 Å². The SMILES string of the molecule is Cc1ccc(NCCc2cscn2)cc1[N+](=O)[O-]. The first-order valence-corrected chi connectivity index (χ1v) is 6.47. The Morgan fingerprint density at radius 1 is 1.50 bits per heavy atom. The van der Waals surface area contributed by atoms with Crippen molar-refractivity contribution in [2.75, 3.05) is 11.9 Å². The predicted octanol–water partition coefficient (Wildman–Crippen LogP) is 3.01. The third kappa shape index (κ3) is 3.04. The first-order valence-electron chi connectivity index (χ1n) is 5.53. The molecule has 1 N–H and O–H groups in total. The van der Waals surface area contributed by atoms with Crippen molar-refractivity contribution in [3.05, 3.63) is 50.5 Å². The summed E-state index contributed by atoms with van der Waals surface area (Å²) < 4.78 is 0. The quantitative estimate of drug-likeness (QED) is 0.665. The Morgan fingerprint density at radius 2 is 2.33 bits per heavy atom. The molecule has 0 spiro atoms. The maximum Gasteiger partial charge on any atom is 0.274 e. The molecule has 2 rings (SSSR count). The van der Waals surface area contributed by atoms with Gasteiger partial charge in [-0.3, -0.25) is 10.1 Å². The molecule has 0 aliphatic rings. The number of hydrogen-bond acceptors (Lipinski definition) is 5. The molecule has 0 saturated heterocycles. The average Bonchev–Trinajstić information content (AvgIpc) is 2.84. The molecule has 1 aromatic heterocycles. The van der Waals surface area contributed by atoms with Crippen LogP contribution in [-0.4, -0.2) is 16.5 Å². The second-order valence-electron chi connectivity index (χ2n) is 3.91. The number of anilines is 1. The summed E-state index contributed by atoms with van der Waals surface area (Å²) in [5, 5.41) is 16.0. The second kappa shape index (κ2) is 5.59. The molecule has 0 aliphatic carbocycles. The fourth-order valence-corrected chi connectivity index (χ4v) is 2.20. The van der Waals surface area contributed by atoms with E-state index in [4.69, 9.17) is 0 Å². The summed E-state index contributed by atoms with van der Waals surface area (Å²) in [6, 6.07) is 5.17. The maximum absolute atomic E-state index is 10.8. The molecule has 0 saturated carbocycles. The van der Waals surface area contributed by atoms with Crippen LogP contribution < -0.4 is 5.32 Å². The fourth-order valence-electron chi connectivity index (χ4n) is 1.61. The number of thiazole rings is 1. The van der Waals surface area contributed by atoms with Gasteiger partial charge in [0.2, 0.25) is 0 Å². The van der Waals surface area contributed by atoms with Gasteiger partial charge in [0.05, 0.1) is 16.1 Å². The summed E-state index contributed by atoms with van der Waals surface area (Å²) in [6.07, 6.45) is 0.811. The zero-order valence-corrected chi connectivity index (χ0v) is 10.7. The van der Waals surface area contributed by atoms with Gasteiger partial charge in [0.25, 0.3) is 5.69 Å². The normalized spacial score (nSPS) is 10.3. The van der Waals surface area contributed by atoms with Crippen molar-refractivity contribution in [3.63, 3.8) is 0 Å². The molecular formula is C12H13N3O2S. The van der Waals surface area contributed by atoms with E-state index in [2.05, 4.69) is 10.3 Å². The van der Waals surface area contributed by atoms with Gasteiger partial charge in [-0.05, 0) is 13.0 Å². The number of hydrogen-bond donors (Lipinski definition) is 1. The highest BCUT2D eigenvalue weighted by molar-refractivity contribution is 7.07. The lowest BCUT2D eigenvalue weighted by Gasteiger charge is -2.06. The number of nitrogens with zero attached hydrogens (tertiary/aromatic N) is 2. The molecule has 0 atom stereocenters. The number of nitrogens with one attached hydrogen (secondary N) is 1. The lowest BCUT2D eigenvalue weighted by atomic mass is 10.2. The minimum Gasteiger partial charge on any atom is -0.384 e. The summed E-state index contributed by atoms with van der Waals surface area (Å²) in [5.74, 6) is 0. The van der Waals surface area contributed by atoms with Gasteiger partial charge in [0.15, 0.2) is 0 Å². The number of aromatic nitrogens is 1. The summed E-state index contributed by atoms with van der Waals surface area (Å²) >= 11 is 1.57. The van der Waals surface area contributed by atoms with Gasteiger partial charge in [0, 0.05) is 35.7 Å². The molecule has 6 heteroatoms. The molecule has 0 radical (unpaired) electrons. The highest BCUT2D eigenvalue weighted by Gasteiger charge is 2.10. The average molecular weight is 263 g/mol. The van der Waals surface area contributed by atoms with E-state index in [1.54, 1.807) is 35.9 Å². The highest BCUT2D eigenvalue weighted by atomic mass is 32.1. The van der Waals surface area contributed by atoms with Gasteiger partial charge < -0.3 is 5.32 Å². The summed E-state index contributed by atoms with van der Waals surface area (Å²) in [7, 11) is 0. The Balaban J connectivity index is 1.97. The first-order chi connectivity index (χ1) is 8.66. The van der Waals surface area contributed by atoms with Crippen molar-refractivity contribution in [2.45, 2.75) is 13.3 Å². The van der Waals surface area contributed by atoms with Gasteiger partial charge >= 0.3 is 0 Å². The van der Waals surface area contributed by atoms with E-state index < -0.39 is 0 Å². The molecule has 1 aromatic carbocycles. The number of nitro benzene ring substituents is 1. The van der Waals surface area contributed by atoms with Crippen LogP contribution in [0.2, 0.25) is 0 Å². The molecule has 0 aliphatic heterocycles. The van der Waals surface area contributed by atoms with E-state index >= 15 is 0 Å². The van der Waals surface area contributed by atoms with E-state index in [0.29, 0.717) is 12.1 Å². The lowest BCUT2D eigenvalue weighted by Crippen LogP contribution is -2.05. The Labute approximate surface area is 109 Å². The van der Waals surface area contributed by atoms with E-state index in [9.17, 15) is 10.1 Å². The van der Waals surface area contributed by atoms with E-state index in [1.807, 2.05) is 11.4 Å². The molecule has 1 heterocycles. The van der Waals surface area contributed by atoms with Gasteiger partial charge in [-0.2, -0.15) is 0 Å². The zero-order chi connectivity index (χ0) is 13.0. The molecule has 94 valence electrons. The number of rotatable bonds is 5. The van der Waals surface area contributed by atoms with E-state index in [1.165, 1.54) is 0 Å². The van der Waals surface area contributed by atoms with Crippen molar-refractivity contribution >= 4 is 22.7 Å². The fraction of sp³-hybridized carbons (Fsp3) is 0.250. The molecule has 5 nitrogen and oxygen atoms in total. The van der Waals surface area contributed by atoms with Crippen LogP contribution in [-0.2, 0) is 6.42 Å². The lowest BCUT2D eigenvalue weighted by molar-refractivity contribution is -0.385. The van der Waals surface area contributed by atoms with Crippen molar-refractivity contribution in [1.82, 2.24) is 4.98 Å². The van der Waals surface area contributed by atoms with Crippen molar-refractivity contribution < 1.29 is 4.92 Å². The number of nitro groups is 1. The highest BCUT2D eigenvalue weighted by Crippen LogP contribution is 2.22. The third-order valence-electron chi connectivity index (χ3n) is 2.60. The van der Waals surface area contributed by atoms with Crippen LogP contribution in [0.4, 0.5) is 11.4 Å². The molecule has 18 heavy (non-hydrogen) atoms. The topological polar surface area (TPSA) is 68.1 Å².